The van der Waals surface area contributed by atoms with E-state index in [0.29, 0.717) is 30.9 Å². The summed E-state index contributed by atoms with van der Waals surface area (Å²) in [6, 6.07) is 14.1. The number of rotatable bonds is 5. The Bertz CT molecular complexity index is 1280. The van der Waals surface area contributed by atoms with E-state index in [1.54, 1.807) is 19.2 Å². The molecule has 31 heavy (non-hydrogen) atoms. The van der Waals surface area contributed by atoms with Crippen molar-refractivity contribution in [1.29, 1.82) is 0 Å². The van der Waals surface area contributed by atoms with Crippen LogP contribution in [0, 0.1) is 10.1 Å². The van der Waals surface area contributed by atoms with Crippen molar-refractivity contribution in [2.45, 2.75) is 23.7 Å². The summed E-state index contributed by atoms with van der Waals surface area (Å²) in [5.74, 6) is 0.203. The van der Waals surface area contributed by atoms with E-state index in [4.69, 9.17) is 0 Å². The monoisotopic (exact) mass is 443 g/mol. The van der Waals surface area contributed by atoms with E-state index in [-0.39, 0.29) is 28.7 Å². The molecule has 162 valence electrons. The number of para-hydroxylation sites is 1. The first-order chi connectivity index (χ1) is 14.8. The van der Waals surface area contributed by atoms with Gasteiger partial charge in [0.2, 0.25) is 10.0 Å². The number of nitro benzene ring substituents is 1. The number of piperidine rings is 1. The Morgan fingerprint density at radius 3 is 2.58 bits per heavy atom. The number of aromatic nitrogens is 3. The molecule has 1 fully saturated rings. The third-order valence-corrected chi connectivity index (χ3v) is 7.24. The number of sulfonamides is 1. The molecule has 3 aromatic rings. The first kappa shape index (κ1) is 20.9. The molecule has 0 saturated carbocycles. The Morgan fingerprint density at radius 2 is 1.87 bits per heavy atom. The molecule has 2 heterocycles. The van der Waals surface area contributed by atoms with Gasteiger partial charge < -0.3 is 0 Å². The third-order valence-electron chi connectivity index (χ3n) is 5.38. The summed E-state index contributed by atoms with van der Waals surface area (Å²) in [7, 11) is -2.37. The third kappa shape index (κ3) is 3.89. The van der Waals surface area contributed by atoms with Crippen molar-refractivity contribution < 1.29 is 13.3 Å². The summed E-state index contributed by atoms with van der Waals surface area (Å²) in [6.07, 6.45) is 1.25. The van der Waals surface area contributed by atoms with Crippen molar-refractivity contribution in [1.82, 2.24) is 18.7 Å². The van der Waals surface area contributed by atoms with Gasteiger partial charge in [-0.2, -0.15) is 9.40 Å². The molecule has 1 aliphatic rings. The van der Waals surface area contributed by atoms with E-state index in [1.807, 2.05) is 18.2 Å². The van der Waals surface area contributed by atoms with Gasteiger partial charge >= 0.3 is 5.69 Å². The summed E-state index contributed by atoms with van der Waals surface area (Å²) in [5.41, 5.74) is 0.0754. The number of benzene rings is 2. The van der Waals surface area contributed by atoms with Crippen LogP contribution in [0.2, 0.25) is 0 Å². The molecule has 1 unspecified atom stereocenters. The Morgan fingerprint density at radius 1 is 1.13 bits per heavy atom. The van der Waals surface area contributed by atoms with Gasteiger partial charge in [0.25, 0.3) is 5.69 Å². The molecular weight excluding hydrogens is 422 g/mol. The second-order valence-electron chi connectivity index (χ2n) is 7.39. The van der Waals surface area contributed by atoms with Crippen molar-refractivity contribution in [3.8, 4) is 5.69 Å². The molecular formula is C20H21N5O5S. The molecule has 0 amide bonds. The Hall–Kier alpha value is -3.31. The fourth-order valence-corrected chi connectivity index (χ4v) is 5.41. The van der Waals surface area contributed by atoms with Crippen molar-refractivity contribution in [2.75, 3.05) is 13.1 Å². The number of nitrogens with zero attached hydrogens (tertiary/aromatic N) is 5. The van der Waals surface area contributed by atoms with Gasteiger partial charge in [0.1, 0.15) is 5.82 Å². The second-order valence-corrected chi connectivity index (χ2v) is 9.33. The zero-order valence-electron chi connectivity index (χ0n) is 16.8. The standard InChI is InChI=1S/C20H21N5O5S/c1-22-20(26)24(16-8-3-2-4-9-16)19(21-22)15-7-6-12-23(14-15)31(29,30)18-11-5-10-17(13-18)25(27)28/h2-5,8-11,13,15H,6-7,12,14H2,1H3. The maximum Gasteiger partial charge on any atom is 0.350 e. The minimum atomic E-state index is -3.93. The largest absolute Gasteiger partial charge is 0.350 e. The topological polar surface area (TPSA) is 120 Å². The Balaban J connectivity index is 1.69. The molecule has 0 spiro atoms. The molecule has 4 rings (SSSR count). The molecule has 1 atom stereocenters. The maximum atomic E-state index is 13.2. The predicted molar refractivity (Wildman–Crippen MR) is 113 cm³/mol. The van der Waals surface area contributed by atoms with Crippen molar-refractivity contribution >= 4 is 15.7 Å². The molecule has 1 aromatic heterocycles. The maximum absolute atomic E-state index is 13.2. The smallest absolute Gasteiger partial charge is 0.258 e. The minimum Gasteiger partial charge on any atom is -0.258 e. The predicted octanol–water partition coefficient (Wildman–Crippen LogP) is 2.05. The zero-order valence-corrected chi connectivity index (χ0v) is 17.6. The zero-order chi connectivity index (χ0) is 22.2. The fourth-order valence-electron chi connectivity index (χ4n) is 3.85. The number of hydrogen-bond donors (Lipinski definition) is 0. The first-order valence-corrected chi connectivity index (χ1v) is 11.2. The molecule has 11 heteroatoms. The van der Waals surface area contributed by atoms with Gasteiger partial charge in [-0.15, -0.1) is 0 Å². The van der Waals surface area contributed by atoms with Gasteiger partial charge in [0.15, 0.2) is 0 Å². The molecule has 0 radical (unpaired) electrons. The van der Waals surface area contributed by atoms with Crippen LogP contribution in [-0.2, 0) is 17.1 Å². The van der Waals surface area contributed by atoms with E-state index in [2.05, 4.69) is 5.10 Å². The van der Waals surface area contributed by atoms with Gasteiger partial charge in [-0.25, -0.2) is 22.5 Å². The molecule has 0 bridgehead atoms. The van der Waals surface area contributed by atoms with Crippen LogP contribution in [0.5, 0.6) is 0 Å². The lowest BCUT2D eigenvalue weighted by Gasteiger charge is -2.31. The average Bonchev–Trinajstić information content (AvgIpc) is 3.09. The van der Waals surface area contributed by atoms with E-state index >= 15 is 0 Å². The van der Waals surface area contributed by atoms with Gasteiger partial charge in [-0.05, 0) is 31.0 Å². The van der Waals surface area contributed by atoms with E-state index in [9.17, 15) is 23.3 Å². The number of nitro groups is 1. The van der Waals surface area contributed by atoms with Crippen LogP contribution in [0.15, 0.2) is 64.3 Å². The van der Waals surface area contributed by atoms with Crippen LogP contribution in [-0.4, -0.2) is 45.1 Å². The van der Waals surface area contributed by atoms with Gasteiger partial charge in [-0.1, -0.05) is 24.3 Å². The van der Waals surface area contributed by atoms with Crippen LogP contribution in [0.1, 0.15) is 24.6 Å². The highest BCUT2D eigenvalue weighted by Gasteiger charge is 2.34. The lowest BCUT2D eigenvalue weighted by molar-refractivity contribution is -0.385. The quantitative estimate of drug-likeness (QED) is 0.440. The normalized spacial score (nSPS) is 17.5. The molecule has 1 saturated heterocycles. The van der Waals surface area contributed by atoms with Crippen LogP contribution in [0.3, 0.4) is 0 Å². The Kier molecular flexibility index (Phi) is 5.46. The van der Waals surface area contributed by atoms with Crippen LogP contribution in [0.4, 0.5) is 5.69 Å². The summed E-state index contributed by atoms with van der Waals surface area (Å²) in [4.78, 5) is 23.0. The van der Waals surface area contributed by atoms with Crippen molar-refractivity contribution in [2.24, 2.45) is 7.05 Å². The van der Waals surface area contributed by atoms with Crippen molar-refractivity contribution in [3.05, 3.63) is 81.0 Å². The van der Waals surface area contributed by atoms with Crippen LogP contribution < -0.4 is 5.69 Å². The summed E-state index contributed by atoms with van der Waals surface area (Å²) in [6.45, 7) is 0.429. The highest BCUT2D eigenvalue weighted by atomic mass is 32.2. The average molecular weight is 443 g/mol. The molecule has 10 nitrogen and oxygen atoms in total. The van der Waals surface area contributed by atoms with E-state index < -0.39 is 14.9 Å². The highest BCUT2D eigenvalue weighted by Crippen LogP contribution is 2.30. The van der Waals surface area contributed by atoms with E-state index in [0.717, 1.165) is 6.07 Å². The number of non-ortho nitro benzene ring substituents is 1. The second kappa shape index (κ2) is 8.08. The first-order valence-electron chi connectivity index (χ1n) is 9.75. The van der Waals surface area contributed by atoms with Gasteiger partial charge in [0.05, 0.1) is 15.5 Å². The molecule has 2 aromatic carbocycles. The van der Waals surface area contributed by atoms with Gasteiger partial charge in [-0.3, -0.25) is 10.1 Å². The fraction of sp³-hybridized carbons (Fsp3) is 0.300. The number of hydrogen-bond acceptors (Lipinski definition) is 6. The summed E-state index contributed by atoms with van der Waals surface area (Å²) in [5, 5.41) is 15.4. The lowest BCUT2D eigenvalue weighted by Crippen LogP contribution is -2.40. The molecule has 0 N–H and O–H groups in total. The van der Waals surface area contributed by atoms with E-state index in [1.165, 1.54) is 31.8 Å². The number of aryl methyl sites for hydroxylation is 1. The minimum absolute atomic E-state index is 0.121. The van der Waals surface area contributed by atoms with Crippen LogP contribution >= 0.6 is 0 Å². The lowest BCUT2D eigenvalue weighted by atomic mass is 9.98. The Labute approximate surface area is 178 Å². The molecule has 1 aliphatic heterocycles. The SMILES string of the molecule is Cn1nc(C2CCCN(S(=O)(=O)c3cccc([N+](=O)[O-])c3)C2)n(-c2ccccc2)c1=O. The van der Waals surface area contributed by atoms with Crippen molar-refractivity contribution in [3.63, 3.8) is 0 Å². The summed E-state index contributed by atoms with van der Waals surface area (Å²) < 4.78 is 30.4. The highest BCUT2D eigenvalue weighted by molar-refractivity contribution is 7.89. The van der Waals surface area contributed by atoms with Crippen LogP contribution in [0.25, 0.3) is 5.69 Å². The molecule has 0 aliphatic carbocycles. The summed E-state index contributed by atoms with van der Waals surface area (Å²) >= 11 is 0. The van der Waals surface area contributed by atoms with Gasteiger partial charge in [0, 0.05) is 38.2 Å².